The molecule has 0 aliphatic carbocycles. The van der Waals surface area contributed by atoms with E-state index in [1.807, 2.05) is 86.6 Å². The molecule has 1 aliphatic rings. The van der Waals surface area contributed by atoms with E-state index >= 15 is 0 Å². The van der Waals surface area contributed by atoms with E-state index in [2.05, 4.69) is 12.2 Å². The van der Waals surface area contributed by atoms with Crippen LogP contribution in [0, 0.1) is 6.92 Å². The van der Waals surface area contributed by atoms with E-state index in [-0.39, 0.29) is 17.5 Å². The standard InChI is InChI=1S/C27H26N2O3/c1-4-19-8-14-22(15-9-19)29-26(30)24(20-10-16-23(17-11-20)32-5-2)25(27(29)31)28-21-12-6-18(3)7-13-21/h6-17,28H,4-5H2,1-3H3. The molecule has 4 rings (SSSR count). The fourth-order valence-electron chi connectivity index (χ4n) is 3.69. The first kappa shape index (κ1) is 21.4. The average Bonchev–Trinajstić information content (AvgIpc) is 3.05. The number of benzene rings is 3. The Balaban J connectivity index is 1.76. The van der Waals surface area contributed by atoms with E-state index in [0.29, 0.717) is 29.2 Å². The van der Waals surface area contributed by atoms with Gasteiger partial charge in [0.15, 0.2) is 0 Å². The monoisotopic (exact) mass is 426 g/mol. The molecule has 0 saturated heterocycles. The second-order valence-electron chi connectivity index (χ2n) is 7.66. The van der Waals surface area contributed by atoms with Crippen molar-refractivity contribution in [1.82, 2.24) is 0 Å². The van der Waals surface area contributed by atoms with E-state index in [0.717, 1.165) is 23.2 Å². The van der Waals surface area contributed by atoms with Crippen LogP contribution in [0.15, 0.2) is 78.5 Å². The van der Waals surface area contributed by atoms with Gasteiger partial charge >= 0.3 is 0 Å². The van der Waals surface area contributed by atoms with Crippen molar-refractivity contribution in [2.75, 3.05) is 16.8 Å². The normalized spacial score (nSPS) is 13.7. The molecule has 0 radical (unpaired) electrons. The third kappa shape index (κ3) is 4.14. The van der Waals surface area contributed by atoms with Crippen LogP contribution in [0.25, 0.3) is 5.57 Å². The summed E-state index contributed by atoms with van der Waals surface area (Å²) >= 11 is 0. The molecule has 1 heterocycles. The second-order valence-corrected chi connectivity index (χ2v) is 7.66. The maximum absolute atomic E-state index is 13.5. The molecule has 5 heteroatoms. The van der Waals surface area contributed by atoms with E-state index in [1.165, 1.54) is 4.90 Å². The zero-order valence-corrected chi connectivity index (χ0v) is 18.5. The van der Waals surface area contributed by atoms with Gasteiger partial charge in [0.05, 0.1) is 17.9 Å². The number of imide groups is 1. The van der Waals surface area contributed by atoms with Crippen molar-refractivity contribution in [2.45, 2.75) is 27.2 Å². The molecule has 0 saturated carbocycles. The van der Waals surface area contributed by atoms with Crippen LogP contribution in [0.1, 0.15) is 30.5 Å². The van der Waals surface area contributed by atoms with Crippen molar-refractivity contribution >= 4 is 28.8 Å². The summed E-state index contributed by atoms with van der Waals surface area (Å²) in [5, 5.41) is 3.20. The Morgan fingerprint density at radius 2 is 1.47 bits per heavy atom. The predicted octanol–water partition coefficient (Wildman–Crippen LogP) is 5.35. The van der Waals surface area contributed by atoms with Crippen LogP contribution in [-0.2, 0) is 16.0 Å². The summed E-state index contributed by atoms with van der Waals surface area (Å²) in [6, 6.07) is 22.5. The van der Waals surface area contributed by atoms with Crippen molar-refractivity contribution < 1.29 is 14.3 Å². The number of nitrogens with zero attached hydrogens (tertiary/aromatic N) is 1. The summed E-state index contributed by atoms with van der Waals surface area (Å²) in [6.45, 7) is 6.54. The van der Waals surface area contributed by atoms with E-state index < -0.39 is 0 Å². The van der Waals surface area contributed by atoms with Crippen LogP contribution >= 0.6 is 0 Å². The molecule has 3 aromatic carbocycles. The number of aryl methyl sites for hydroxylation is 2. The van der Waals surface area contributed by atoms with Crippen LogP contribution in [0.2, 0.25) is 0 Å². The number of rotatable bonds is 7. The molecule has 3 aromatic rings. The number of carbonyl (C=O) groups is 2. The summed E-state index contributed by atoms with van der Waals surface area (Å²) in [5.41, 5.74) is 4.84. The van der Waals surface area contributed by atoms with Gasteiger partial charge in [-0.15, -0.1) is 0 Å². The molecule has 1 N–H and O–H groups in total. The first-order valence-electron chi connectivity index (χ1n) is 10.8. The Hall–Kier alpha value is -3.86. The lowest BCUT2D eigenvalue weighted by atomic mass is 10.0. The summed E-state index contributed by atoms with van der Waals surface area (Å²) in [6.07, 6.45) is 0.887. The van der Waals surface area contributed by atoms with Crippen molar-refractivity contribution in [3.8, 4) is 5.75 Å². The number of hydrogen-bond acceptors (Lipinski definition) is 4. The Morgan fingerprint density at radius 3 is 2.06 bits per heavy atom. The van der Waals surface area contributed by atoms with Gasteiger partial charge in [-0.2, -0.15) is 0 Å². The van der Waals surface area contributed by atoms with Crippen LogP contribution in [0.3, 0.4) is 0 Å². The summed E-state index contributed by atoms with van der Waals surface area (Å²) in [5.74, 6) is -0.00425. The lowest BCUT2D eigenvalue weighted by Gasteiger charge is -2.16. The zero-order valence-electron chi connectivity index (χ0n) is 18.5. The van der Waals surface area contributed by atoms with Crippen molar-refractivity contribution in [3.63, 3.8) is 0 Å². The second kappa shape index (κ2) is 9.10. The number of anilines is 2. The Bertz CT molecular complexity index is 1160. The molecular formula is C27H26N2O3. The van der Waals surface area contributed by atoms with Crippen LogP contribution in [0.4, 0.5) is 11.4 Å². The SMILES string of the molecule is CCOc1ccc(C2=C(Nc3ccc(C)cc3)C(=O)N(c3ccc(CC)cc3)C2=O)cc1. The molecule has 5 nitrogen and oxygen atoms in total. The van der Waals surface area contributed by atoms with E-state index in [9.17, 15) is 9.59 Å². The fraction of sp³-hybridized carbons (Fsp3) is 0.185. The highest BCUT2D eigenvalue weighted by Gasteiger charge is 2.40. The van der Waals surface area contributed by atoms with Gasteiger partial charge in [0.25, 0.3) is 11.8 Å². The molecule has 0 bridgehead atoms. The van der Waals surface area contributed by atoms with Crippen molar-refractivity contribution in [3.05, 3.63) is 95.2 Å². The number of carbonyl (C=O) groups excluding carboxylic acids is 2. The highest BCUT2D eigenvalue weighted by Crippen LogP contribution is 2.34. The topological polar surface area (TPSA) is 58.6 Å². The van der Waals surface area contributed by atoms with Gasteiger partial charge in [0.1, 0.15) is 11.4 Å². The third-order valence-corrected chi connectivity index (χ3v) is 5.46. The highest BCUT2D eigenvalue weighted by atomic mass is 16.5. The molecule has 0 atom stereocenters. The quantitative estimate of drug-likeness (QED) is 0.517. The molecule has 0 fully saturated rings. The average molecular weight is 427 g/mol. The molecule has 2 amide bonds. The lowest BCUT2D eigenvalue weighted by molar-refractivity contribution is -0.120. The van der Waals surface area contributed by atoms with Gasteiger partial charge in [-0.3, -0.25) is 9.59 Å². The fourth-order valence-corrected chi connectivity index (χ4v) is 3.69. The largest absolute Gasteiger partial charge is 0.494 e. The van der Waals surface area contributed by atoms with Crippen LogP contribution in [0.5, 0.6) is 5.75 Å². The lowest BCUT2D eigenvalue weighted by Crippen LogP contribution is -2.32. The number of amides is 2. The van der Waals surface area contributed by atoms with Crippen LogP contribution in [-0.4, -0.2) is 18.4 Å². The molecule has 32 heavy (non-hydrogen) atoms. The maximum atomic E-state index is 13.5. The van der Waals surface area contributed by atoms with Crippen molar-refractivity contribution in [1.29, 1.82) is 0 Å². The Morgan fingerprint density at radius 1 is 0.812 bits per heavy atom. The maximum Gasteiger partial charge on any atom is 0.282 e. The van der Waals surface area contributed by atoms with Crippen molar-refractivity contribution in [2.24, 2.45) is 0 Å². The van der Waals surface area contributed by atoms with Gasteiger partial charge in [-0.1, -0.05) is 48.9 Å². The van der Waals surface area contributed by atoms with E-state index in [1.54, 1.807) is 0 Å². The van der Waals surface area contributed by atoms with Gasteiger partial charge in [-0.25, -0.2) is 4.90 Å². The predicted molar refractivity (Wildman–Crippen MR) is 128 cm³/mol. The smallest absolute Gasteiger partial charge is 0.282 e. The number of ether oxygens (including phenoxy) is 1. The molecule has 0 spiro atoms. The first-order chi connectivity index (χ1) is 15.5. The molecule has 162 valence electrons. The minimum absolute atomic E-state index is 0.266. The first-order valence-corrected chi connectivity index (χ1v) is 10.8. The minimum Gasteiger partial charge on any atom is -0.494 e. The summed E-state index contributed by atoms with van der Waals surface area (Å²) < 4.78 is 5.52. The molecular weight excluding hydrogens is 400 g/mol. The minimum atomic E-state index is -0.372. The molecule has 0 aromatic heterocycles. The molecule has 1 aliphatic heterocycles. The van der Waals surface area contributed by atoms with Gasteiger partial charge in [0, 0.05) is 5.69 Å². The highest BCUT2D eigenvalue weighted by molar-refractivity contribution is 6.46. The summed E-state index contributed by atoms with van der Waals surface area (Å²) in [4.78, 5) is 28.2. The van der Waals surface area contributed by atoms with E-state index in [4.69, 9.17) is 4.74 Å². The Kier molecular flexibility index (Phi) is 6.08. The number of hydrogen-bond donors (Lipinski definition) is 1. The van der Waals surface area contributed by atoms with Crippen LogP contribution < -0.4 is 15.0 Å². The zero-order chi connectivity index (χ0) is 22.7. The number of nitrogens with one attached hydrogen (secondary N) is 1. The van der Waals surface area contributed by atoms with Gasteiger partial charge in [0.2, 0.25) is 0 Å². The van der Waals surface area contributed by atoms with Gasteiger partial charge < -0.3 is 10.1 Å². The molecule has 0 unspecified atom stereocenters. The third-order valence-electron chi connectivity index (χ3n) is 5.46. The Labute approximate surface area is 188 Å². The summed E-state index contributed by atoms with van der Waals surface area (Å²) in [7, 11) is 0. The van der Waals surface area contributed by atoms with Gasteiger partial charge in [-0.05, 0) is 67.8 Å².